The van der Waals surface area contributed by atoms with Gasteiger partial charge in [-0.2, -0.15) is 0 Å². The molecule has 1 heterocycles. The SMILES string of the molecule is CC(O)c1cc([N+](=O)[O-])c(N(C)CCS(C)(=O)=O)s1. The lowest BCUT2D eigenvalue weighted by Crippen LogP contribution is -2.24. The van der Waals surface area contributed by atoms with Crippen molar-refractivity contribution in [2.45, 2.75) is 13.0 Å². The molecule has 0 fully saturated rings. The fraction of sp³-hybridized carbons (Fsp3) is 0.600. The minimum atomic E-state index is -3.13. The van der Waals surface area contributed by atoms with Crippen LogP contribution in [0.1, 0.15) is 17.9 Å². The van der Waals surface area contributed by atoms with Crippen molar-refractivity contribution in [1.29, 1.82) is 0 Å². The molecule has 108 valence electrons. The highest BCUT2D eigenvalue weighted by Crippen LogP contribution is 2.39. The van der Waals surface area contributed by atoms with E-state index in [9.17, 15) is 23.6 Å². The number of nitrogens with zero attached hydrogens (tertiary/aromatic N) is 2. The van der Waals surface area contributed by atoms with Crippen molar-refractivity contribution in [3.8, 4) is 0 Å². The first-order valence-electron chi connectivity index (χ1n) is 5.47. The number of rotatable bonds is 6. The fourth-order valence-corrected chi connectivity index (χ4v) is 3.06. The van der Waals surface area contributed by atoms with Gasteiger partial charge in [-0.25, -0.2) is 8.42 Å². The van der Waals surface area contributed by atoms with Crippen molar-refractivity contribution in [3.05, 3.63) is 21.1 Å². The molecule has 0 bridgehead atoms. The Morgan fingerprint density at radius 1 is 1.58 bits per heavy atom. The molecule has 0 amide bonds. The van der Waals surface area contributed by atoms with Crippen LogP contribution in [0.3, 0.4) is 0 Å². The maximum absolute atomic E-state index is 11.1. The maximum Gasteiger partial charge on any atom is 0.304 e. The Labute approximate surface area is 115 Å². The molecule has 1 N–H and O–H groups in total. The highest BCUT2D eigenvalue weighted by Gasteiger charge is 2.24. The van der Waals surface area contributed by atoms with Crippen molar-refractivity contribution < 1.29 is 18.4 Å². The van der Waals surface area contributed by atoms with Gasteiger partial charge in [0, 0.05) is 30.8 Å². The van der Waals surface area contributed by atoms with E-state index in [2.05, 4.69) is 0 Å². The number of hydrogen-bond acceptors (Lipinski definition) is 7. The molecule has 0 aliphatic rings. The number of hydrogen-bond donors (Lipinski definition) is 1. The number of aliphatic hydroxyl groups is 1. The van der Waals surface area contributed by atoms with E-state index in [1.165, 1.54) is 17.9 Å². The molecule has 1 aromatic rings. The van der Waals surface area contributed by atoms with Gasteiger partial charge < -0.3 is 10.0 Å². The zero-order chi connectivity index (χ0) is 14.8. The summed E-state index contributed by atoms with van der Waals surface area (Å²) in [5.74, 6) is -0.0808. The normalized spacial score (nSPS) is 13.3. The molecule has 7 nitrogen and oxygen atoms in total. The van der Waals surface area contributed by atoms with Crippen LogP contribution in [0.5, 0.6) is 0 Å². The molecule has 1 atom stereocenters. The highest BCUT2D eigenvalue weighted by molar-refractivity contribution is 7.90. The summed E-state index contributed by atoms with van der Waals surface area (Å²) in [5, 5.41) is 20.8. The average molecular weight is 308 g/mol. The minimum absolute atomic E-state index is 0.0808. The first-order chi connectivity index (χ1) is 8.61. The van der Waals surface area contributed by atoms with E-state index >= 15 is 0 Å². The van der Waals surface area contributed by atoms with Crippen molar-refractivity contribution in [3.63, 3.8) is 0 Å². The summed E-state index contributed by atoms with van der Waals surface area (Å²) in [7, 11) is -1.53. The van der Waals surface area contributed by atoms with Crippen molar-refractivity contribution in [1.82, 2.24) is 0 Å². The van der Waals surface area contributed by atoms with Crippen LogP contribution in [0.25, 0.3) is 0 Å². The molecule has 9 heteroatoms. The molecular formula is C10H16N2O5S2. The van der Waals surface area contributed by atoms with Crippen molar-refractivity contribution >= 4 is 31.9 Å². The molecule has 0 aliphatic carbocycles. The monoisotopic (exact) mass is 308 g/mol. The Morgan fingerprint density at radius 3 is 2.58 bits per heavy atom. The number of nitro groups is 1. The van der Waals surface area contributed by atoms with Gasteiger partial charge in [-0.1, -0.05) is 0 Å². The lowest BCUT2D eigenvalue weighted by atomic mass is 10.3. The van der Waals surface area contributed by atoms with E-state index in [-0.39, 0.29) is 18.0 Å². The third kappa shape index (κ3) is 4.44. The molecule has 0 spiro atoms. The molecule has 19 heavy (non-hydrogen) atoms. The first-order valence-corrected chi connectivity index (χ1v) is 8.34. The van der Waals surface area contributed by atoms with E-state index in [4.69, 9.17) is 0 Å². The molecule has 0 aliphatic heterocycles. The van der Waals surface area contributed by atoms with Gasteiger partial charge in [-0.3, -0.25) is 10.1 Å². The Morgan fingerprint density at radius 2 is 2.16 bits per heavy atom. The third-order valence-electron chi connectivity index (χ3n) is 2.47. The van der Waals surface area contributed by atoms with Gasteiger partial charge in [0.25, 0.3) is 0 Å². The lowest BCUT2D eigenvalue weighted by Gasteiger charge is -2.15. The Hall–Kier alpha value is -1.19. The van der Waals surface area contributed by atoms with Crippen LogP contribution in [0.15, 0.2) is 6.07 Å². The van der Waals surface area contributed by atoms with Crippen LogP contribution in [0, 0.1) is 10.1 Å². The maximum atomic E-state index is 11.1. The van der Waals surface area contributed by atoms with Gasteiger partial charge in [0.05, 0.1) is 16.8 Å². The summed E-state index contributed by atoms with van der Waals surface area (Å²) in [4.78, 5) is 12.4. The molecule has 0 saturated carbocycles. The second-order valence-electron chi connectivity index (χ2n) is 4.32. The number of thiophene rings is 1. The highest BCUT2D eigenvalue weighted by atomic mass is 32.2. The minimum Gasteiger partial charge on any atom is -0.388 e. The summed E-state index contributed by atoms with van der Waals surface area (Å²) in [6, 6.07) is 1.32. The van der Waals surface area contributed by atoms with Crippen LogP contribution in [0.4, 0.5) is 10.7 Å². The topological polar surface area (TPSA) is 101 Å². The van der Waals surface area contributed by atoms with Gasteiger partial charge in [0.2, 0.25) is 0 Å². The Balaban J connectivity index is 3.00. The summed E-state index contributed by atoms with van der Waals surface area (Å²) in [6.45, 7) is 1.69. The van der Waals surface area contributed by atoms with Gasteiger partial charge in [0.15, 0.2) is 5.00 Å². The fourth-order valence-electron chi connectivity index (χ4n) is 1.40. The Bertz CT molecular complexity index is 564. The molecule has 0 saturated heterocycles. The van der Waals surface area contributed by atoms with Crippen LogP contribution < -0.4 is 4.90 Å². The zero-order valence-corrected chi connectivity index (χ0v) is 12.5. The van der Waals surface area contributed by atoms with Crippen molar-refractivity contribution in [2.75, 3.05) is 30.5 Å². The number of anilines is 1. The molecule has 1 unspecified atom stereocenters. The van der Waals surface area contributed by atoms with Crippen LogP contribution >= 0.6 is 11.3 Å². The standard InChI is InChI=1S/C10H16N2O5S2/c1-7(13)9-6-8(12(14)15)10(18-9)11(2)4-5-19(3,16)17/h6-7,13H,4-5H2,1-3H3. The molecular weight excluding hydrogens is 292 g/mol. The quantitative estimate of drug-likeness (QED) is 0.626. The Kier molecular flexibility index (Phi) is 4.88. The van der Waals surface area contributed by atoms with E-state index in [1.54, 1.807) is 7.05 Å². The summed E-state index contributed by atoms with van der Waals surface area (Å²) < 4.78 is 22.2. The third-order valence-corrected chi connectivity index (χ3v) is 4.80. The first kappa shape index (κ1) is 15.9. The molecule has 0 radical (unpaired) electrons. The molecule has 0 aromatic carbocycles. The van der Waals surface area contributed by atoms with Crippen LogP contribution in [0.2, 0.25) is 0 Å². The second-order valence-corrected chi connectivity index (χ2v) is 7.65. The van der Waals surface area contributed by atoms with E-state index < -0.39 is 20.9 Å². The van der Waals surface area contributed by atoms with E-state index in [0.29, 0.717) is 9.88 Å². The predicted molar refractivity (Wildman–Crippen MR) is 74.6 cm³/mol. The number of aliphatic hydroxyl groups excluding tert-OH is 1. The van der Waals surface area contributed by atoms with Crippen LogP contribution in [-0.2, 0) is 9.84 Å². The van der Waals surface area contributed by atoms with Gasteiger partial charge in [-0.05, 0) is 6.92 Å². The summed E-state index contributed by atoms with van der Waals surface area (Å²) >= 11 is 1.09. The van der Waals surface area contributed by atoms with E-state index in [0.717, 1.165) is 17.6 Å². The van der Waals surface area contributed by atoms with Gasteiger partial charge >= 0.3 is 5.69 Å². The largest absolute Gasteiger partial charge is 0.388 e. The zero-order valence-electron chi connectivity index (χ0n) is 10.9. The second kappa shape index (κ2) is 5.85. The van der Waals surface area contributed by atoms with E-state index in [1.807, 2.05) is 0 Å². The summed E-state index contributed by atoms with van der Waals surface area (Å²) in [6.07, 6.45) is 0.325. The molecule has 1 aromatic heterocycles. The van der Waals surface area contributed by atoms with Gasteiger partial charge in [0.1, 0.15) is 9.84 Å². The predicted octanol–water partition coefficient (Wildman–Crippen LogP) is 1.19. The number of sulfone groups is 1. The smallest absolute Gasteiger partial charge is 0.304 e. The van der Waals surface area contributed by atoms with Crippen molar-refractivity contribution in [2.24, 2.45) is 0 Å². The molecule has 1 rings (SSSR count). The summed E-state index contributed by atoms with van der Waals surface area (Å²) in [5.41, 5.74) is -0.114. The van der Waals surface area contributed by atoms with Crippen LogP contribution in [-0.4, -0.2) is 44.0 Å². The average Bonchev–Trinajstić information content (AvgIpc) is 2.69. The lowest BCUT2D eigenvalue weighted by molar-refractivity contribution is -0.383. The van der Waals surface area contributed by atoms with Gasteiger partial charge in [-0.15, -0.1) is 11.3 Å².